The van der Waals surface area contributed by atoms with Gasteiger partial charge in [-0.1, -0.05) is 72.8 Å². The van der Waals surface area contributed by atoms with Crippen molar-refractivity contribution in [2.75, 3.05) is 0 Å². The maximum atomic E-state index is 2.32. The van der Waals surface area contributed by atoms with Crippen LogP contribution in [0, 0.1) is 13.8 Å². The van der Waals surface area contributed by atoms with Crippen LogP contribution in [0.5, 0.6) is 0 Å². The van der Waals surface area contributed by atoms with E-state index in [0.717, 1.165) is 6.16 Å². The van der Waals surface area contributed by atoms with E-state index in [2.05, 4.69) is 123 Å². The second-order valence-electron chi connectivity index (χ2n) is 7.33. The van der Waals surface area contributed by atoms with Crippen molar-refractivity contribution in [2.45, 2.75) is 20.0 Å². The van der Waals surface area contributed by atoms with E-state index < -0.39 is 7.26 Å². The van der Waals surface area contributed by atoms with Gasteiger partial charge < -0.3 is 0 Å². The fraction of sp³-hybridized carbons (Fsp3) is 0.111. The molecule has 0 bridgehead atoms. The van der Waals surface area contributed by atoms with Gasteiger partial charge in [0.2, 0.25) is 0 Å². The largest absolute Gasteiger partial charge is 0.116 e. The highest BCUT2D eigenvalue weighted by Crippen LogP contribution is 2.58. The quantitative estimate of drug-likeness (QED) is 0.383. The molecule has 0 nitrogen and oxygen atoms in total. The minimum Gasteiger partial charge on any atom is -0.0620 e. The summed E-state index contributed by atoms with van der Waals surface area (Å²) >= 11 is 0. The minimum absolute atomic E-state index is 1.04. The lowest BCUT2D eigenvalue weighted by Crippen LogP contribution is -2.32. The Morgan fingerprint density at radius 3 is 1.36 bits per heavy atom. The highest BCUT2D eigenvalue weighted by molar-refractivity contribution is 7.95. The summed E-state index contributed by atoms with van der Waals surface area (Å²) in [5, 5.41) is 4.31. The molecule has 0 amide bonds. The lowest BCUT2D eigenvalue weighted by Gasteiger charge is -2.28. The van der Waals surface area contributed by atoms with Crippen molar-refractivity contribution in [2.24, 2.45) is 0 Å². The van der Waals surface area contributed by atoms with Crippen LogP contribution in [0.2, 0.25) is 0 Å². The molecule has 0 heterocycles. The third-order valence-corrected chi connectivity index (χ3v) is 10.1. The maximum Gasteiger partial charge on any atom is 0.116 e. The van der Waals surface area contributed by atoms with Crippen LogP contribution in [0.4, 0.5) is 0 Å². The van der Waals surface area contributed by atoms with Gasteiger partial charge >= 0.3 is 0 Å². The molecule has 0 aromatic heterocycles. The first-order chi connectivity index (χ1) is 13.7. The zero-order valence-corrected chi connectivity index (χ0v) is 17.4. The summed E-state index contributed by atoms with van der Waals surface area (Å²) in [7, 11) is -1.82. The molecule has 0 aliphatic rings. The Hall–Kier alpha value is -2.69. The van der Waals surface area contributed by atoms with Gasteiger partial charge in [-0.3, -0.25) is 0 Å². The number of hydrogen-bond acceptors (Lipinski definition) is 0. The summed E-state index contributed by atoms with van der Waals surface area (Å²) in [6.45, 7) is 4.48. The van der Waals surface area contributed by atoms with Crippen LogP contribution in [-0.4, -0.2) is 0 Å². The fourth-order valence-corrected chi connectivity index (χ4v) is 8.35. The Kier molecular flexibility index (Phi) is 5.42. The molecule has 4 aromatic carbocycles. The highest BCUT2D eigenvalue weighted by atomic mass is 31.2. The van der Waals surface area contributed by atoms with E-state index in [1.165, 1.54) is 32.6 Å². The van der Waals surface area contributed by atoms with E-state index >= 15 is 0 Å². The fourth-order valence-electron chi connectivity index (χ4n) is 4.01. The first kappa shape index (κ1) is 18.7. The molecule has 0 saturated carbocycles. The summed E-state index contributed by atoms with van der Waals surface area (Å²) in [4.78, 5) is 0. The van der Waals surface area contributed by atoms with E-state index in [9.17, 15) is 0 Å². The number of rotatable bonds is 5. The molecule has 4 aromatic rings. The molecule has 0 aliphatic heterocycles. The van der Waals surface area contributed by atoms with Crippen molar-refractivity contribution >= 4 is 23.2 Å². The van der Waals surface area contributed by atoms with Gasteiger partial charge in [0.15, 0.2) is 0 Å². The van der Waals surface area contributed by atoms with Crippen LogP contribution >= 0.6 is 7.26 Å². The van der Waals surface area contributed by atoms with Crippen molar-refractivity contribution in [1.29, 1.82) is 0 Å². The maximum absolute atomic E-state index is 2.32. The van der Waals surface area contributed by atoms with E-state index in [1.54, 1.807) is 0 Å². The summed E-state index contributed by atoms with van der Waals surface area (Å²) in [6.07, 6.45) is 1.04. The molecular weight excluding hydrogens is 355 g/mol. The molecule has 138 valence electrons. The Bertz CT molecular complexity index is 941. The predicted octanol–water partition coefficient (Wildman–Crippen LogP) is 5.80. The summed E-state index contributed by atoms with van der Waals surface area (Å²) in [5.41, 5.74) is 4.23. The molecule has 0 unspecified atom stereocenters. The SMILES string of the molecule is Cc1cccc(C[P+](c2ccccc2)(c2ccccc2)c2ccccc2)c1C. The number of hydrogen-bond donors (Lipinski definition) is 0. The van der Waals surface area contributed by atoms with Gasteiger partial charge in [0.25, 0.3) is 0 Å². The standard InChI is InChI=1S/C27H26P/c1-22-13-12-14-24(23(22)2)21-28(25-15-6-3-7-16-25,26-17-8-4-9-18-26)27-19-10-5-11-20-27/h3-20H,21H2,1-2H3/q+1. The molecule has 0 spiro atoms. The van der Waals surface area contributed by atoms with Gasteiger partial charge in [-0.05, 0) is 66.9 Å². The Morgan fingerprint density at radius 2 is 0.929 bits per heavy atom. The van der Waals surface area contributed by atoms with Crippen LogP contribution in [0.3, 0.4) is 0 Å². The summed E-state index contributed by atoms with van der Waals surface area (Å²) < 4.78 is 0. The monoisotopic (exact) mass is 381 g/mol. The van der Waals surface area contributed by atoms with Gasteiger partial charge in [0, 0.05) is 0 Å². The van der Waals surface area contributed by atoms with Crippen molar-refractivity contribution in [3.8, 4) is 0 Å². The number of benzene rings is 4. The molecule has 0 atom stereocenters. The van der Waals surface area contributed by atoms with E-state index in [-0.39, 0.29) is 0 Å². The van der Waals surface area contributed by atoms with Gasteiger partial charge in [0.1, 0.15) is 23.2 Å². The molecule has 0 saturated heterocycles. The Morgan fingerprint density at radius 1 is 0.500 bits per heavy atom. The second-order valence-corrected chi connectivity index (χ2v) is 10.8. The Balaban J connectivity index is 2.02. The van der Waals surface area contributed by atoms with Crippen molar-refractivity contribution in [1.82, 2.24) is 0 Å². The van der Waals surface area contributed by atoms with Gasteiger partial charge in [-0.25, -0.2) is 0 Å². The summed E-state index contributed by atoms with van der Waals surface area (Å²) in [6, 6.07) is 40.1. The average Bonchev–Trinajstić information content (AvgIpc) is 2.77. The third-order valence-electron chi connectivity index (χ3n) is 5.72. The smallest absolute Gasteiger partial charge is 0.0620 e. The second kappa shape index (κ2) is 8.13. The van der Waals surface area contributed by atoms with Crippen molar-refractivity contribution in [3.63, 3.8) is 0 Å². The predicted molar refractivity (Wildman–Crippen MR) is 125 cm³/mol. The average molecular weight is 381 g/mol. The molecule has 0 N–H and O–H groups in total. The van der Waals surface area contributed by atoms with Crippen molar-refractivity contribution < 1.29 is 0 Å². The molecule has 1 heteroatoms. The highest BCUT2D eigenvalue weighted by Gasteiger charge is 2.45. The molecule has 4 rings (SSSR count). The lowest BCUT2D eigenvalue weighted by molar-refractivity contribution is 1.24. The first-order valence-electron chi connectivity index (χ1n) is 9.82. The molecule has 0 fully saturated rings. The van der Waals surface area contributed by atoms with Crippen LogP contribution < -0.4 is 15.9 Å². The van der Waals surface area contributed by atoms with Gasteiger partial charge in [0.05, 0.1) is 6.16 Å². The molecular formula is C27H26P+. The van der Waals surface area contributed by atoms with Crippen LogP contribution in [0.25, 0.3) is 0 Å². The molecule has 0 aliphatic carbocycles. The zero-order valence-electron chi connectivity index (χ0n) is 16.5. The third kappa shape index (κ3) is 3.41. The van der Waals surface area contributed by atoms with Crippen LogP contribution in [0.1, 0.15) is 16.7 Å². The van der Waals surface area contributed by atoms with Crippen LogP contribution in [-0.2, 0) is 6.16 Å². The molecule has 28 heavy (non-hydrogen) atoms. The first-order valence-corrected chi connectivity index (χ1v) is 11.8. The van der Waals surface area contributed by atoms with Gasteiger partial charge in [-0.15, -0.1) is 0 Å². The van der Waals surface area contributed by atoms with Crippen molar-refractivity contribution in [3.05, 3.63) is 126 Å². The zero-order chi connectivity index (χ0) is 19.4. The van der Waals surface area contributed by atoms with Gasteiger partial charge in [-0.2, -0.15) is 0 Å². The van der Waals surface area contributed by atoms with E-state index in [1.807, 2.05) is 0 Å². The van der Waals surface area contributed by atoms with E-state index in [0.29, 0.717) is 0 Å². The van der Waals surface area contributed by atoms with Crippen LogP contribution in [0.15, 0.2) is 109 Å². The lowest BCUT2D eigenvalue weighted by atomic mass is 10.1. The minimum atomic E-state index is -1.82. The van der Waals surface area contributed by atoms with E-state index in [4.69, 9.17) is 0 Å². The Labute approximate surface area is 169 Å². The summed E-state index contributed by atoms with van der Waals surface area (Å²) in [5.74, 6) is 0. The molecule has 0 radical (unpaired) electrons. The number of aryl methyl sites for hydroxylation is 1. The normalized spacial score (nSPS) is 11.4. The topological polar surface area (TPSA) is 0 Å².